The number of halogens is 3. The number of carbonyl (C=O) groups excluding carboxylic acids is 2. The standard InChI is InChI=1S/C22H23F3N2O3/c23-22(24,25)18-10-5-4-9-17(18)20(29)27-12-6-11-21(14-27,13-19(26)28)15-30-16-7-2-1-3-8-16/h1-5,7-10H,6,11-15H2,(H2,26,28)/t21-/m1/s1. The summed E-state index contributed by atoms with van der Waals surface area (Å²) < 4.78 is 45.9. The lowest BCUT2D eigenvalue weighted by molar-refractivity contribution is -0.138. The van der Waals surface area contributed by atoms with Gasteiger partial charge in [0, 0.05) is 24.9 Å². The number of hydrogen-bond acceptors (Lipinski definition) is 3. The molecular formula is C22H23F3N2O3. The second-order valence-electron chi connectivity index (χ2n) is 7.62. The van der Waals surface area contributed by atoms with Crippen molar-refractivity contribution in [3.63, 3.8) is 0 Å². The Balaban J connectivity index is 1.83. The van der Waals surface area contributed by atoms with Crippen LogP contribution in [-0.4, -0.2) is 36.4 Å². The van der Waals surface area contributed by atoms with E-state index in [0.29, 0.717) is 25.1 Å². The molecule has 1 aliphatic heterocycles. The second kappa shape index (κ2) is 8.77. The molecule has 2 aromatic rings. The maximum Gasteiger partial charge on any atom is 0.417 e. The normalized spacial score (nSPS) is 19.4. The molecule has 160 valence electrons. The molecule has 2 N–H and O–H groups in total. The number of primary amides is 1. The van der Waals surface area contributed by atoms with E-state index in [4.69, 9.17) is 10.5 Å². The molecule has 0 radical (unpaired) electrons. The van der Waals surface area contributed by atoms with Gasteiger partial charge < -0.3 is 15.4 Å². The van der Waals surface area contributed by atoms with E-state index in [9.17, 15) is 22.8 Å². The maximum absolute atomic E-state index is 13.4. The number of ether oxygens (including phenoxy) is 1. The van der Waals surface area contributed by atoms with Crippen LogP contribution in [-0.2, 0) is 11.0 Å². The summed E-state index contributed by atoms with van der Waals surface area (Å²) in [5.41, 5.74) is 3.31. The van der Waals surface area contributed by atoms with Crippen molar-refractivity contribution in [2.75, 3.05) is 19.7 Å². The number of hydrogen-bond donors (Lipinski definition) is 1. The van der Waals surface area contributed by atoms with Crippen molar-refractivity contribution in [3.05, 3.63) is 65.7 Å². The molecule has 0 aromatic heterocycles. The van der Waals surface area contributed by atoms with Crippen LogP contribution in [0.3, 0.4) is 0 Å². The molecule has 1 heterocycles. The van der Waals surface area contributed by atoms with Crippen LogP contribution in [0.5, 0.6) is 5.75 Å². The van der Waals surface area contributed by atoms with Gasteiger partial charge in [-0.2, -0.15) is 13.2 Å². The van der Waals surface area contributed by atoms with Crippen LogP contribution in [0.2, 0.25) is 0 Å². The lowest BCUT2D eigenvalue weighted by Crippen LogP contribution is -2.50. The average Bonchev–Trinajstić information content (AvgIpc) is 2.71. The van der Waals surface area contributed by atoms with E-state index < -0.39 is 34.5 Å². The fourth-order valence-electron chi connectivity index (χ4n) is 3.90. The second-order valence-corrected chi connectivity index (χ2v) is 7.62. The van der Waals surface area contributed by atoms with Gasteiger partial charge in [-0.25, -0.2) is 0 Å². The van der Waals surface area contributed by atoms with E-state index in [-0.39, 0.29) is 19.6 Å². The Labute approximate surface area is 172 Å². The fraction of sp³-hybridized carbons (Fsp3) is 0.364. The Morgan fingerprint density at radius 3 is 2.40 bits per heavy atom. The summed E-state index contributed by atoms with van der Waals surface area (Å²) in [5, 5.41) is 0. The van der Waals surface area contributed by atoms with Gasteiger partial charge in [0.1, 0.15) is 5.75 Å². The van der Waals surface area contributed by atoms with Crippen molar-refractivity contribution >= 4 is 11.8 Å². The highest BCUT2D eigenvalue weighted by Crippen LogP contribution is 2.37. The number of para-hydroxylation sites is 1. The molecular weight excluding hydrogens is 397 g/mol. The van der Waals surface area contributed by atoms with E-state index in [1.807, 2.05) is 6.07 Å². The van der Waals surface area contributed by atoms with E-state index in [1.54, 1.807) is 24.3 Å². The summed E-state index contributed by atoms with van der Waals surface area (Å²) in [6, 6.07) is 13.7. The number of piperidine rings is 1. The largest absolute Gasteiger partial charge is 0.493 e. The molecule has 0 bridgehead atoms. The minimum atomic E-state index is -4.64. The number of nitrogens with two attached hydrogens (primary N) is 1. The highest BCUT2D eigenvalue weighted by atomic mass is 19.4. The molecule has 1 fully saturated rings. The molecule has 2 amide bonds. The Kier molecular flexibility index (Phi) is 6.34. The van der Waals surface area contributed by atoms with Gasteiger partial charge in [-0.1, -0.05) is 30.3 Å². The molecule has 8 heteroatoms. The van der Waals surface area contributed by atoms with Crippen LogP contribution in [0.15, 0.2) is 54.6 Å². The number of likely N-dealkylation sites (tertiary alicyclic amines) is 1. The minimum Gasteiger partial charge on any atom is -0.493 e. The third-order valence-corrected chi connectivity index (χ3v) is 5.25. The molecule has 1 atom stereocenters. The average molecular weight is 420 g/mol. The molecule has 5 nitrogen and oxygen atoms in total. The van der Waals surface area contributed by atoms with Gasteiger partial charge in [0.05, 0.1) is 17.7 Å². The summed E-state index contributed by atoms with van der Waals surface area (Å²) in [6.07, 6.45) is -3.55. The lowest BCUT2D eigenvalue weighted by atomic mass is 9.77. The van der Waals surface area contributed by atoms with Gasteiger partial charge in [-0.05, 0) is 37.1 Å². The van der Waals surface area contributed by atoms with Crippen molar-refractivity contribution in [3.8, 4) is 5.75 Å². The monoisotopic (exact) mass is 420 g/mol. The van der Waals surface area contributed by atoms with Crippen molar-refractivity contribution in [1.29, 1.82) is 0 Å². The number of nitrogens with zero attached hydrogens (tertiary/aromatic N) is 1. The first kappa shape index (κ1) is 21.7. The van der Waals surface area contributed by atoms with Crippen LogP contribution < -0.4 is 10.5 Å². The van der Waals surface area contributed by atoms with Gasteiger partial charge in [-0.3, -0.25) is 9.59 Å². The Morgan fingerprint density at radius 2 is 1.73 bits per heavy atom. The van der Waals surface area contributed by atoms with Crippen molar-refractivity contribution in [2.24, 2.45) is 11.1 Å². The summed E-state index contributed by atoms with van der Waals surface area (Å²) in [6.45, 7) is 0.523. The SMILES string of the molecule is NC(=O)C[C@]1(COc2ccccc2)CCCN(C(=O)c2ccccc2C(F)(F)F)C1. The number of benzene rings is 2. The zero-order valence-corrected chi connectivity index (χ0v) is 16.3. The molecule has 0 unspecified atom stereocenters. The molecule has 1 aliphatic rings. The fourth-order valence-corrected chi connectivity index (χ4v) is 3.90. The number of carbonyl (C=O) groups is 2. The van der Waals surface area contributed by atoms with Crippen LogP contribution in [0.4, 0.5) is 13.2 Å². The van der Waals surface area contributed by atoms with Gasteiger partial charge in [-0.15, -0.1) is 0 Å². The topological polar surface area (TPSA) is 72.6 Å². The summed E-state index contributed by atoms with van der Waals surface area (Å²) in [7, 11) is 0. The van der Waals surface area contributed by atoms with E-state index in [2.05, 4.69) is 0 Å². The zero-order valence-electron chi connectivity index (χ0n) is 16.3. The predicted octanol–water partition coefficient (Wildman–Crippen LogP) is 3.88. The third-order valence-electron chi connectivity index (χ3n) is 5.25. The predicted molar refractivity (Wildman–Crippen MR) is 105 cm³/mol. The summed E-state index contributed by atoms with van der Waals surface area (Å²) >= 11 is 0. The first-order valence-corrected chi connectivity index (χ1v) is 9.62. The molecule has 30 heavy (non-hydrogen) atoms. The summed E-state index contributed by atoms with van der Waals surface area (Å²) in [4.78, 5) is 26.1. The molecule has 0 saturated carbocycles. The molecule has 2 aromatic carbocycles. The number of amides is 2. The highest BCUT2D eigenvalue weighted by molar-refractivity contribution is 5.96. The minimum absolute atomic E-state index is 0.0233. The van der Waals surface area contributed by atoms with Gasteiger partial charge in [0.25, 0.3) is 5.91 Å². The Hall–Kier alpha value is -3.03. The zero-order chi connectivity index (χ0) is 21.8. The first-order valence-electron chi connectivity index (χ1n) is 9.62. The molecule has 0 aliphatic carbocycles. The van der Waals surface area contributed by atoms with Gasteiger partial charge >= 0.3 is 6.18 Å². The van der Waals surface area contributed by atoms with Crippen LogP contribution in [0, 0.1) is 5.41 Å². The van der Waals surface area contributed by atoms with Crippen molar-refractivity contribution in [2.45, 2.75) is 25.4 Å². The molecule has 3 rings (SSSR count). The quantitative estimate of drug-likeness (QED) is 0.771. The van der Waals surface area contributed by atoms with Crippen LogP contribution in [0.1, 0.15) is 35.2 Å². The van der Waals surface area contributed by atoms with Gasteiger partial charge in [0.2, 0.25) is 5.91 Å². The first-order chi connectivity index (χ1) is 14.2. The smallest absolute Gasteiger partial charge is 0.417 e. The van der Waals surface area contributed by atoms with E-state index >= 15 is 0 Å². The van der Waals surface area contributed by atoms with Crippen LogP contribution >= 0.6 is 0 Å². The van der Waals surface area contributed by atoms with Crippen molar-refractivity contribution < 1.29 is 27.5 Å². The molecule has 1 saturated heterocycles. The Morgan fingerprint density at radius 1 is 1.07 bits per heavy atom. The van der Waals surface area contributed by atoms with Gasteiger partial charge in [0.15, 0.2) is 0 Å². The molecule has 0 spiro atoms. The number of alkyl halides is 3. The Bertz CT molecular complexity index is 902. The van der Waals surface area contributed by atoms with Crippen LogP contribution in [0.25, 0.3) is 0 Å². The lowest BCUT2D eigenvalue weighted by Gasteiger charge is -2.42. The number of rotatable bonds is 6. The van der Waals surface area contributed by atoms with Crippen molar-refractivity contribution in [1.82, 2.24) is 4.90 Å². The summed E-state index contributed by atoms with van der Waals surface area (Å²) in [5.74, 6) is -0.653. The highest BCUT2D eigenvalue weighted by Gasteiger charge is 2.41. The van der Waals surface area contributed by atoms with E-state index in [1.165, 1.54) is 23.1 Å². The third kappa shape index (κ3) is 5.11. The maximum atomic E-state index is 13.4. The van der Waals surface area contributed by atoms with E-state index in [0.717, 1.165) is 6.07 Å².